The Bertz CT molecular complexity index is 885. The summed E-state index contributed by atoms with van der Waals surface area (Å²) >= 11 is 11.3. The van der Waals surface area contributed by atoms with Crippen molar-refractivity contribution >= 4 is 34.8 Å². The number of thiocarbonyl (C=S) groups is 1. The number of amides is 1. The van der Waals surface area contributed by atoms with Crippen LogP contribution < -0.4 is 10.6 Å². The molecule has 0 saturated carbocycles. The predicted molar refractivity (Wildman–Crippen MR) is 111 cm³/mol. The van der Waals surface area contributed by atoms with Crippen molar-refractivity contribution in [3.63, 3.8) is 0 Å². The molecule has 0 spiro atoms. The summed E-state index contributed by atoms with van der Waals surface area (Å²) in [5.41, 5.74) is 2.27. The van der Waals surface area contributed by atoms with Gasteiger partial charge in [-0.15, -0.1) is 0 Å². The van der Waals surface area contributed by atoms with E-state index >= 15 is 0 Å². The Kier molecular flexibility index (Phi) is 5.87. The summed E-state index contributed by atoms with van der Waals surface area (Å²) in [5.74, 6) is 1.31. The zero-order valence-corrected chi connectivity index (χ0v) is 17.1. The van der Waals surface area contributed by atoms with E-state index in [0.29, 0.717) is 40.3 Å². The number of rotatable bonds is 5. The number of hydrogen-bond donors (Lipinski definition) is 2. The van der Waals surface area contributed by atoms with Gasteiger partial charge in [0.15, 0.2) is 5.11 Å². The Morgan fingerprint density at radius 1 is 1.19 bits per heavy atom. The fourth-order valence-corrected chi connectivity index (χ4v) is 3.55. The molecule has 1 aromatic heterocycles. The molecule has 0 radical (unpaired) electrons. The first-order valence-electron chi connectivity index (χ1n) is 8.87. The maximum atomic E-state index is 13.1. The molecule has 1 atom stereocenters. The molecule has 27 heavy (non-hydrogen) atoms. The lowest BCUT2D eigenvalue weighted by Crippen LogP contribution is -2.47. The van der Waals surface area contributed by atoms with E-state index in [1.54, 1.807) is 4.90 Å². The second kappa shape index (κ2) is 8.15. The van der Waals surface area contributed by atoms with Crippen LogP contribution >= 0.6 is 23.8 Å². The summed E-state index contributed by atoms with van der Waals surface area (Å²) in [5, 5.41) is 7.36. The highest BCUT2D eigenvalue weighted by molar-refractivity contribution is 7.80. The smallest absolute Gasteiger partial charge is 0.254 e. The Morgan fingerprint density at radius 3 is 2.48 bits per heavy atom. The minimum Gasteiger partial charge on any atom is -0.459 e. The van der Waals surface area contributed by atoms with Crippen molar-refractivity contribution in [2.45, 2.75) is 26.8 Å². The Balaban J connectivity index is 1.98. The average Bonchev–Trinajstić information content (AvgIpc) is 3.12. The Hall–Kier alpha value is -2.31. The van der Waals surface area contributed by atoms with Gasteiger partial charge in [-0.05, 0) is 69.4 Å². The van der Waals surface area contributed by atoms with Gasteiger partial charge in [-0.2, -0.15) is 0 Å². The van der Waals surface area contributed by atoms with Crippen LogP contribution in [0.1, 0.15) is 32.6 Å². The van der Waals surface area contributed by atoms with E-state index in [2.05, 4.69) is 10.6 Å². The van der Waals surface area contributed by atoms with Crippen molar-refractivity contribution in [2.75, 3.05) is 13.1 Å². The molecule has 1 amide bonds. The fraction of sp³-hybridized carbons (Fsp3) is 0.300. The zero-order valence-electron chi connectivity index (χ0n) is 15.5. The Morgan fingerprint density at radius 2 is 1.85 bits per heavy atom. The second-order valence-corrected chi connectivity index (χ2v) is 7.10. The molecule has 2 heterocycles. The minimum atomic E-state index is -0.437. The lowest BCUT2D eigenvalue weighted by molar-refractivity contribution is -0.127. The molecular weight excluding hydrogens is 382 g/mol. The zero-order chi connectivity index (χ0) is 19.6. The predicted octanol–water partition coefficient (Wildman–Crippen LogP) is 4.26. The van der Waals surface area contributed by atoms with Crippen LogP contribution in [0.15, 0.2) is 52.1 Å². The highest BCUT2D eigenvalue weighted by Crippen LogP contribution is 2.32. The monoisotopic (exact) mass is 403 g/mol. The maximum Gasteiger partial charge on any atom is 0.254 e. The molecule has 7 heteroatoms. The standard InChI is InChI=1S/C20H22ClN3O2S/c1-4-24(5-2)19(25)17-12(3)22-20(27)23-18(17)16-11-10-15(26-16)13-6-8-14(21)9-7-13/h6-11,18H,4-5H2,1-3H3,(H2,22,23,27)/t18-/m1/s1. The molecule has 0 fully saturated rings. The lowest BCUT2D eigenvalue weighted by Gasteiger charge is -2.31. The first kappa shape index (κ1) is 19.5. The number of nitrogens with zero attached hydrogens (tertiary/aromatic N) is 1. The van der Waals surface area contributed by atoms with Gasteiger partial charge in [-0.25, -0.2) is 0 Å². The maximum absolute atomic E-state index is 13.1. The molecule has 2 N–H and O–H groups in total. The highest BCUT2D eigenvalue weighted by Gasteiger charge is 2.33. The van der Waals surface area contributed by atoms with Crippen molar-refractivity contribution in [1.29, 1.82) is 0 Å². The normalized spacial score (nSPS) is 16.7. The van der Waals surface area contributed by atoms with Gasteiger partial charge in [-0.1, -0.05) is 11.6 Å². The number of benzene rings is 1. The van der Waals surface area contributed by atoms with Gasteiger partial charge in [0.05, 0.1) is 5.57 Å². The number of furan rings is 1. The van der Waals surface area contributed by atoms with Gasteiger partial charge in [0.25, 0.3) is 5.91 Å². The van der Waals surface area contributed by atoms with Crippen LogP contribution in [-0.4, -0.2) is 29.0 Å². The van der Waals surface area contributed by atoms with E-state index in [-0.39, 0.29) is 5.91 Å². The molecule has 142 valence electrons. The summed E-state index contributed by atoms with van der Waals surface area (Å²) in [7, 11) is 0. The van der Waals surface area contributed by atoms with Crippen LogP contribution in [0.4, 0.5) is 0 Å². The fourth-order valence-electron chi connectivity index (χ4n) is 3.15. The third kappa shape index (κ3) is 4.01. The summed E-state index contributed by atoms with van der Waals surface area (Å²) in [6.45, 7) is 7.06. The first-order valence-corrected chi connectivity index (χ1v) is 9.66. The third-order valence-electron chi connectivity index (χ3n) is 4.59. The van der Waals surface area contributed by atoms with E-state index in [4.69, 9.17) is 28.2 Å². The quantitative estimate of drug-likeness (QED) is 0.730. The number of halogens is 1. The number of allylic oxidation sites excluding steroid dienone is 1. The molecule has 0 saturated heterocycles. The van der Waals surface area contributed by atoms with Crippen molar-refractivity contribution in [2.24, 2.45) is 0 Å². The summed E-state index contributed by atoms with van der Waals surface area (Å²) in [6, 6.07) is 10.8. The van der Waals surface area contributed by atoms with Gasteiger partial charge in [0.2, 0.25) is 0 Å². The highest BCUT2D eigenvalue weighted by atomic mass is 35.5. The molecule has 1 aromatic carbocycles. The number of carbonyl (C=O) groups is 1. The second-order valence-electron chi connectivity index (χ2n) is 6.26. The topological polar surface area (TPSA) is 57.5 Å². The molecule has 0 unspecified atom stereocenters. The number of nitrogens with one attached hydrogen (secondary N) is 2. The van der Waals surface area contributed by atoms with E-state index < -0.39 is 6.04 Å². The lowest BCUT2D eigenvalue weighted by atomic mass is 9.99. The number of hydrogen-bond acceptors (Lipinski definition) is 3. The average molecular weight is 404 g/mol. The van der Waals surface area contributed by atoms with Crippen molar-refractivity contribution in [1.82, 2.24) is 15.5 Å². The van der Waals surface area contributed by atoms with Crippen LogP contribution in [0.3, 0.4) is 0 Å². The molecule has 2 aromatic rings. The van der Waals surface area contributed by atoms with Crippen LogP contribution in [0, 0.1) is 0 Å². The van der Waals surface area contributed by atoms with Gasteiger partial charge >= 0.3 is 0 Å². The molecule has 0 bridgehead atoms. The van der Waals surface area contributed by atoms with Crippen molar-refractivity contribution < 1.29 is 9.21 Å². The van der Waals surface area contributed by atoms with Crippen LogP contribution in [0.5, 0.6) is 0 Å². The molecule has 0 aliphatic carbocycles. The van der Waals surface area contributed by atoms with E-state index in [0.717, 1.165) is 11.3 Å². The molecule has 3 rings (SSSR count). The minimum absolute atomic E-state index is 0.0329. The first-order chi connectivity index (χ1) is 12.9. The largest absolute Gasteiger partial charge is 0.459 e. The summed E-state index contributed by atoms with van der Waals surface area (Å²) < 4.78 is 6.08. The molecule has 5 nitrogen and oxygen atoms in total. The third-order valence-corrected chi connectivity index (χ3v) is 5.06. The SMILES string of the molecule is CCN(CC)C(=O)C1=C(C)NC(=S)N[C@@H]1c1ccc(-c2ccc(Cl)cc2)o1. The van der Waals surface area contributed by atoms with Gasteiger partial charge in [0.1, 0.15) is 17.6 Å². The molecular formula is C20H22ClN3O2S. The van der Waals surface area contributed by atoms with Crippen LogP contribution in [0.25, 0.3) is 11.3 Å². The van der Waals surface area contributed by atoms with E-state index in [1.807, 2.05) is 57.2 Å². The number of likely N-dealkylation sites (N-methyl/N-ethyl adjacent to an activating group) is 1. The van der Waals surface area contributed by atoms with E-state index in [9.17, 15) is 4.79 Å². The molecule has 1 aliphatic rings. The van der Waals surface area contributed by atoms with Gasteiger partial charge in [-0.3, -0.25) is 4.79 Å². The Labute approximate surface area is 169 Å². The summed E-state index contributed by atoms with van der Waals surface area (Å²) in [6.07, 6.45) is 0. The van der Waals surface area contributed by atoms with Crippen molar-refractivity contribution in [3.8, 4) is 11.3 Å². The van der Waals surface area contributed by atoms with Crippen LogP contribution in [-0.2, 0) is 4.79 Å². The summed E-state index contributed by atoms with van der Waals surface area (Å²) in [4.78, 5) is 14.8. The van der Waals surface area contributed by atoms with Gasteiger partial charge < -0.3 is 20.0 Å². The van der Waals surface area contributed by atoms with E-state index in [1.165, 1.54) is 0 Å². The number of carbonyl (C=O) groups excluding carboxylic acids is 1. The van der Waals surface area contributed by atoms with Crippen molar-refractivity contribution in [3.05, 3.63) is 58.5 Å². The van der Waals surface area contributed by atoms with Crippen LogP contribution in [0.2, 0.25) is 5.02 Å². The van der Waals surface area contributed by atoms with Gasteiger partial charge in [0, 0.05) is 29.4 Å². The molecule has 1 aliphatic heterocycles.